The molecule has 0 heterocycles. The molecule has 0 amide bonds. The number of benzene rings is 1. The molecule has 0 aromatic heterocycles. The molecule has 0 saturated carbocycles. The first-order valence-corrected chi connectivity index (χ1v) is 6.38. The van der Waals surface area contributed by atoms with Crippen LogP contribution in [0.5, 0.6) is 0 Å². The summed E-state index contributed by atoms with van der Waals surface area (Å²) in [4.78, 5) is 11.9. The summed E-state index contributed by atoms with van der Waals surface area (Å²) in [5.74, 6) is -0.0878. The van der Waals surface area contributed by atoms with Gasteiger partial charge in [-0.3, -0.25) is 4.79 Å². The molecule has 0 unspecified atom stereocenters. The zero-order valence-corrected chi connectivity index (χ0v) is 10.5. The fourth-order valence-corrected chi connectivity index (χ4v) is 2.13. The van der Waals surface area contributed by atoms with Crippen molar-refractivity contribution in [3.63, 3.8) is 0 Å². The van der Waals surface area contributed by atoms with Gasteiger partial charge in [0.2, 0.25) is 0 Å². The molecule has 0 radical (unpaired) electrons. The quantitative estimate of drug-likeness (QED) is 0.654. The molecule has 0 spiro atoms. The summed E-state index contributed by atoms with van der Waals surface area (Å²) in [5, 5.41) is 0. The molecular weight excluding hydrogens is 226 g/mol. The highest BCUT2D eigenvalue weighted by Gasteiger charge is 2.22. The van der Waals surface area contributed by atoms with Gasteiger partial charge in [0.25, 0.3) is 0 Å². The minimum absolute atomic E-state index is 0.00372. The normalized spacial score (nSPS) is 19.2. The van der Waals surface area contributed by atoms with E-state index in [4.69, 9.17) is 10.5 Å². The molecule has 3 nitrogen and oxygen atoms in total. The zero-order valence-electron chi connectivity index (χ0n) is 10.5. The van der Waals surface area contributed by atoms with Crippen LogP contribution in [0.3, 0.4) is 0 Å². The van der Waals surface area contributed by atoms with Crippen LogP contribution in [0.25, 0.3) is 0 Å². The van der Waals surface area contributed by atoms with E-state index in [9.17, 15) is 4.79 Å². The number of carbonyl (C=O) groups excluding carboxylic acids is 1. The molecule has 0 aliphatic heterocycles. The van der Waals surface area contributed by atoms with E-state index in [1.165, 1.54) is 5.57 Å². The highest BCUT2D eigenvalue weighted by Crippen LogP contribution is 2.24. The molecule has 0 bridgehead atoms. The van der Waals surface area contributed by atoms with Gasteiger partial charge in [0.05, 0.1) is 5.92 Å². The van der Waals surface area contributed by atoms with Gasteiger partial charge in [-0.15, -0.1) is 0 Å². The Hall–Kier alpha value is -1.61. The van der Waals surface area contributed by atoms with Crippen molar-refractivity contribution in [3.8, 4) is 0 Å². The van der Waals surface area contributed by atoms with Crippen molar-refractivity contribution in [2.45, 2.75) is 25.9 Å². The van der Waals surface area contributed by atoms with Gasteiger partial charge in [0, 0.05) is 6.54 Å². The average Bonchev–Trinajstić information content (AvgIpc) is 2.46. The standard InChI is InChI=1S/C15H19NO2/c16-10-12-6-8-14(9-7-12)15(17)18-11-13-4-2-1-3-5-13/h1-6,14H,7-11,16H2/t14-/m1/s1. The molecule has 0 saturated heterocycles. The third-order valence-corrected chi connectivity index (χ3v) is 3.32. The van der Waals surface area contributed by atoms with Crippen LogP contribution < -0.4 is 5.73 Å². The maximum absolute atomic E-state index is 11.9. The fraction of sp³-hybridized carbons (Fsp3) is 0.400. The van der Waals surface area contributed by atoms with Crippen molar-refractivity contribution in [2.75, 3.05) is 6.54 Å². The molecule has 2 N–H and O–H groups in total. The van der Waals surface area contributed by atoms with Gasteiger partial charge >= 0.3 is 5.97 Å². The second-order valence-corrected chi connectivity index (χ2v) is 4.63. The summed E-state index contributed by atoms with van der Waals surface area (Å²) in [6.45, 7) is 0.968. The number of rotatable bonds is 4. The minimum atomic E-state index is -0.0915. The summed E-state index contributed by atoms with van der Waals surface area (Å²) in [6, 6.07) is 9.76. The highest BCUT2D eigenvalue weighted by atomic mass is 16.5. The summed E-state index contributed by atoms with van der Waals surface area (Å²) >= 11 is 0. The van der Waals surface area contributed by atoms with E-state index in [0.717, 1.165) is 24.8 Å². The third-order valence-electron chi connectivity index (χ3n) is 3.32. The van der Waals surface area contributed by atoms with E-state index >= 15 is 0 Å². The average molecular weight is 245 g/mol. The van der Waals surface area contributed by atoms with Crippen molar-refractivity contribution < 1.29 is 9.53 Å². The number of carbonyl (C=O) groups is 1. The molecule has 1 aliphatic rings. The molecule has 1 aliphatic carbocycles. The Morgan fingerprint density at radius 2 is 2.11 bits per heavy atom. The summed E-state index contributed by atoms with van der Waals surface area (Å²) in [6.07, 6.45) is 4.62. The lowest BCUT2D eigenvalue weighted by Gasteiger charge is -2.19. The third kappa shape index (κ3) is 3.44. The lowest BCUT2D eigenvalue weighted by Crippen LogP contribution is -2.21. The lowest BCUT2D eigenvalue weighted by atomic mass is 9.90. The number of nitrogens with two attached hydrogens (primary N) is 1. The van der Waals surface area contributed by atoms with E-state index in [1.807, 2.05) is 30.3 Å². The van der Waals surface area contributed by atoms with Gasteiger partial charge in [0.15, 0.2) is 0 Å². The second kappa shape index (κ2) is 6.36. The first-order valence-electron chi connectivity index (χ1n) is 6.38. The zero-order chi connectivity index (χ0) is 12.8. The molecule has 3 heteroatoms. The summed E-state index contributed by atoms with van der Waals surface area (Å²) < 4.78 is 5.34. The van der Waals surface area contributed by atoms with Crippen molar-refractivity contribution in [3.05, 3.63) is 47.5 Å². The van der Waals surface area contributed by atoms with Crippen LogP contribution in [0.4, 0.5) is 0 Å². The Morgan fingerprint density at radius 3 is 2.72 bits per heavy atom. The van der Waals surface area contributed by atoms with Crippen molar-refractivity contribution in [2.24, 2.45) is 11.7 Å². The Kier molecular flexibility index (Phi) is 4.53. The van der Waals surface area contributed by atoms with Crippen LogP contribution in [-0.4, -0.2) is 12.5 Å². The van der Waals surface area contributed by atoms with Crippen molar-refractivity contribution >= 4 is 5.97 Å². The van der Waals surface area contributed by atoms with Gasteiger partial charge in [0.1, 0.15) is 6.61 Å². The Morgan fingerprint density at radius 1 is 1.33 bits per heavy atom. The first-order chi connectivity index (χ1) is 8.79. The van der Waals surface area contributed by atoms with Crippen LogP contribution in [0.1, 0.15) is 24.8 Å². The number of ether oxygens (including phenoxy) is 1. The van der Waals surface area contributed by atoms with Gasteiger partial charge in [-0.1, -0.05) is 42.0 Å². The molecule has 2 rings (SSSR count). The van der Waals surface area contributed by atoms with Gasteiger partial charge in [-0.25, -0.2) is 0 Å². The maximum Gasteiger partial charge on any atom is 0.309 e. The molecule has 18 heavy (non-hydrogen) atoms. The van der Waals surface area contributed by atoms with Gasteiger partial charge in [-0.2, -0.15) is 0 Å². The Labute approximate surface area is 108 Å². The number of allylic oxidation sites excluding steroid dienone is 1. The van der Waals surface area contributed by atoms with Crippen LogP contribution >= 0.6 is 0 Å². The smallest absolute Gasteiger partial charge is 0.309 e. The van der Waals surface area contributed by atoms with Gasteiger partial charge in [-0.05, 0) is 24.8 Å². The second-order valence-electron chi connectivity index (χ2n) is 4.63. The predicted octanol–water partition coefficient (Wildman–Crippen LogP) is 2.42. The monoisotopic (exact) mass is 245 g/mol. The minimum Gasteiger partial charge on any atom is -0.461 e. The molecule has 1 aromatic rings. The Bertz CT molecular complexity index is 425. The van der Waals surface area contributed by atoms with Crippen LogP contribution in [0.2, 0.25) is 0 Å². The molecule has 96 valence electrons. The summed E-state index contributed by atoms with van der Waals surface area (Å²) in [5.41, 5.74) is 7.85. The fourth-order valence-electron chi connectivity index (χ4n) is 2.13. The largest absolute Gasteiger partial charge is 0.461 e. The van der Waals surface area contributed by atoms with E-state index < -0.39 is 0 Å². The van der Waals surface area contributed by atoms with E-state index in [2.05, 4.69) is 6.08 Å². The van der Waals surface area contributed by atoms with Crippen molar-refractivity contribution in [1.29, 1.82) is 0 Å². The van der Waals surface area contributed by atoms with Crippen molar-refractivity contribution in [1.82, 2.24) is 0 Å². The van der Waals surface area contributed by atoms with Crippen LogP contribution in [0.15, 0.2) is 42.0 Å². The number of esters is 1. The number of hydrogen-bond acceptors (Lipinski definition) is 3. The van der Waals surface area contributed by atoms with Gasteiger partial charge < -0.3 is 10.5 Å². The first kappa shape index (κ1) is 12.8. The SMILES string of the molecule is NCC1=CC[C@@H](C(=O)OCc2ccccc2)CC1. The van der Waals surface area contributed by atoms with E-state index in [1.54, 1.807) is 0 Å². The Balaban J connectivity index is 1.81. The highest BCUT2D eigenvalue weighted by molar-refractivity contribution is 5.73. The molecular formula is C15H19NO2. The summed E-state index contributed by atoms with van der Waals surface area (Å²) in [7, 11) is 0. The lowest BCUT2D eigenvalue weighted by molar-refractivity contribution is -0.150. The van der Waals surface area contributed by atoms with Crippen LogP contribution in [-0.2, 0) is 16.1 Å². The number of hydrogen-bond donors (Lipinski definition) is 1. The van der Waals surface area contributed by atoms with E-state index in [-0.39, 0.29) is 11.9 Å². The van der Waals surface area contributed by atoms with E-state index in [0.29, 0.717) is 13.2 Å². The topological polar surface area (TPSA) is 52.3 Å². The van der Waals surface area contributed by atoms with Crippen LogP contribution in [0, 0.1) is 5.92 Å². The molecule has 0 fully saturated rings. The maximum atomic E-state index is 11.9. The molecule has 1 atom stereocenters. The molecule has 1 aromatic carbocycles. The predicted molar refractivity (Wildman–Crippen MR) is 70.7 cm³/mol.